The van der Waals surface area contributed by atoms with Crippen molar-refractivity contribution in [2.45, 2.75) is 19.3 Å². The molecule has 0 unspecified atom stereocenters. The molecule has 0 saturated heterocycles. The van der Waals surface area contributed by atoms with Crippen molar-refractivity contribution in [3.63, 3.8) is 0 Å². The van der Waals surface area contributed by atoms with Gasteiger partial charge in [0.1, 0.15) is 0 Å². The van der Waals surface area contributed by atoms with E-state index in [0.717, 1.165) is 12.0 Å². The first-order valence-electron chi connectivity index (χ1n) is 5.08. The van der Waals surface area contributed by atoms with Crippen molar-refractivity contribution in [1.82, 2.24) is 0 Å². The molecule has 0 spiro atoms. The van der Waals surface area contributed by atoms with Gasteiger partial charge in [-0.3, -0.25) is 10.1 Å². The Kier molecular flexibility index (Phi) is 2.44. The Balaban J connectivity index is 2.23. The van der Waals surface area contributed by atoms with Crippen LogP contribution in [-0.4, -0.2) is 11.5 Å². The first-order chi connectivity index (χ1) is 7.13. The van der Waals surface area contributed by atoms with Crippen LogP contribution in [0.2, 0.25) is 0 Å². The maximum absolute atomic E-state index is 10.6. The maximum Gasteiger partial charge on any atom is 0.272 e. The third kappa shape index (κ3) is 1.85. The molecule has 0 aromatic heterocycles. The van der Waals surface area contributed by atoms with Gasteiger partial charge in [-0.1, -0.05) is 6.07 Å². The summed E-state index contributed by atoms with van der Waals surface area (Å²) in [5, 5.41) is 10.6. The summed E-state index contributed by atoms with van der Waals surface area (Å²) in [6.45, 7) is 2.49. The summed E-state index contributed by atoms with van der Waals surface area (Å²) < 4.78 is 0. The molecule has 2 N–H and O–H groups in total. The zero-order valence-electron chi connectivity index (χ0n) is 8.64. The third-order valence-corrected chi connectivity index (χ3v) is 3.07. The van der Waals surface area contributed by atoms with E-state index in [9.17, 15) is 10.1 Å². The second-order valence-corrected chi connectivity index (χ2v) is 4.14. The highest BCUT2D eigenvalue weighted by Crippen LogP contribution is 2.47. The van der Waals surface area contributed by atoms with Gasteiger partial charge in [-0.25, -0.2) is 0 Å². The molecule has 0 radical (unpaired) electrons. The quantitative estimate of drug-likeness (QED) is 0.607. The Morgan fingerprint density at radius 1 is 1.60 bits per heavy atom. The molecule has 4 heteroatoms. The van der Waals surface area contributed by atoms with Gasteiger partial charge in [0.05, 0.1) is 4.92 Å². The van der Waals surface area contributed by atoms with Crippen LogP contribution < -0.4 is 5.73 Å². The molecule has 0 amide bonds. The van der Waals surface area contributed by atoms with E-state index in [2.05, 4.69) is 0 Å². The van der Waals surface area contributed by atoms with Gasteiger partial charge in [-0.2, -0.15) is 0 Å². The summed E-state index contributed by atoms with van der Waals surface area (Å²) in [5.74, 6) is 1.10. The van der Waals surface area contributed by atoms with E-state index in [-0.39, 0.29) is 10.6 Å². The molecular formula is C11H14N2O2. The van der Waals surface area contributed by atoms with Crippen LogP contribution in [0.4, 0.5) is 5.69 Å². The third-order valence-electron chi connectivity index (χ3n) is 3.07. The Morgan fingerprint density at radius 3 is 2.80 bits per heavy atom. The Bertz CT molecular complexity index is 404. The van der Waals surface area contributed by atoms with Crippen LogP contribution in [0.25, 0.3) is 0 Å². The van der Waals surface area contributed by atoms with Gasteiger partial charge in [-0.15, -0.1) is 0 Å². The van der Waals surface area contributed by atoms with Crippen molar-refractivity contribution in [2.24, 2.45) is 11.7 Å². The highest BCUT2D eigenvalue weighted by Gasteiger charge is 2.37. The summed E-state index contributed by atoms with van der Waals surface area (Å²) in [5.41, 5.74) is 7.69. The van der Waals surface area contributed by atoms with Crippen molar-refractivity contribution in [2.75, 3.05) is 6.54 Å². The average molecular weight is 206 g/mol. The number of nitrogens with two attached hydrogens (primary N) is 1. The van der Waals surface area contributed by atoms with Gasteiger partial charge in [0.15, 0.2) is 0 Å². The van der Waals surface area contributed by atoms with Crippen LogP contribution in [0.15, 0.2) is 18.2 Å². The number of rotatable bonds is 3. The molecule has 4 nitrogen and oxygen atoms in total. The fraction of sp³-hybridized carbons (Fsp3) is 0.455. The molecule has 15 heavy (non-hydrogen) atoms. The van der Waals surface area contributed by atoms with Crippen LogP contribution >= 0.6 is 0 Å². The molecule has 0 aliphatic heterocycles. The second kappa shape index (κ2) is 3.62. The molecular weight excluding hydrogens is 192 g/mol. The Hall–Kier alpha value is -1.42. The molecule has 1 aliphatic rings. The molecule has 2 rings (SSSR count). The summed E-state index contributed by atoms with van der Waals surface area (Å²) in [6.07, 6.45) is 1.12. The summed E-state index contributed by atoms with van der Waals surface area (Å²) in [7, 11) is 0. The summed E-state index contributed by atoms with van der Waals surface area (Å²) in [4.78, 5) is 10.3. The molecule has 0 bridgehead atoms. The van der Waals surface area contributed by atoms with E-state index in [4.69, 9.17) is 5.73 Å². The molecule has 0 heterocycles. The van der Waals surface area contributed by atoms with E-state index in [1.807, 2.05) is 12.1 Å². The summed E-state index contributed by atoms with van der Waals surface area (Å²) in [6, 6.07) is 5.36. The lowest BCUT2D eigenvalue weighted by molar-refractivity contribution is -0.385. The topological polar surface area (TPSA) is 69.2 Å². The van der Waals surface area contributed by atoms with Gasteiger partial charge in [-0.05, 0) is 43.4 Å². The van der Waals surface area contributed by atoms with E-state index in [1.54, 1.807) is 13.0 Å². The van der Waals surface area contributed by atoms with E-state index < -0.39 is 0 Å². The van der Waals surface area contributed by atoms with E-state index in [1.165, 1.54) is 5.56 Å². The molecule has 80 valence electrons. The lowest BCUT2D eigenvalue weighted by Crippen LogP contribution is -2.02. The highest BCUT2D eigenvalue weighted by molar-refractivity contribution is 5.44. The molecule has 1 aliphatic carbocycles. The second-order valence-electron chi connectivity index (χ2n) is 4.14. The minimum Gasteiger partial charge on any atom is -0.330 e. The van der Waals surface area contributed by atoms with Crippen molar-refractivity contribution < 1.29 is 4.92 Å². The number of hydrogen-bond acceptors (Lipinski definition) is 3. The average Bonchev–Trinajstić information content (AvgIpc) is 2.95. The molecule has 1 saturated carbocycles. The largest absolute Gasteiger partial charge is 0.330 e. The van der Waals surface area contributed by atoms with Crippen LogP contribution in [0, 0.1) is 23.0 Å². The predicted octanol–water partition coefficient (Wildman–Crippen LogP) is 1.97. The zero-order valence-corrected chi connectivity index (χ0v) is 8.64. The zero-order chi connectivity index (χ0) is 11.0. The lowest BCUT2D eigenvalue weighted by Gasteiger charge is -2.02. The number of benzene rings is 1. The number of nitro groups is 1. The number of nitrogens with zero attached hydrogens (tertiary/aromatic N) is 1. The molecule has 1 fully saturated rings. The summed E-state index contributed by atoms with van der Waals surface area (Å²) >= 11 is 0. The number of aryl methyl sites for hydroxylation is 1. The van der Waals surface area contributed by atoms with Crippen LogP contribution in [-0.2, 0) is 0 Å². The Morgan fingerprint density at radius 2 is 2.33 bits per heavy atom. The fourth-order valence-electron chi connectivity index (χ4n) is 2.03. The van der Waals surface area contributed by atoms with Crippen LogP contribution in [0.1, 0.15) is 23.5 Å². The van der Waals surface area contributed by atoms with E-state index in [0.29, 0.717) is 18.4 Å². The van der Waals surface area contributed by atoms with Crippen molar-refractivity contribution in [3.05, 3.63) is 39.4 Å². The molecule has 1 aromatic carbocycles. The van der Waals surface area contributed by atoms with Crippen molar-refractivity contribution >= 4 is 5.69 Å². The highest BCUT2D eigenvalue weighted by atomic mass is 16.6. The lowest BCUT2D eigenvalue weighted by atomic mass is 10.0. The minimum atomic E-state index is -0.341. The molecule has 1 aromatic rings. The van der Waals surface area contributed by atoms with E-state index >= 15 is 0 Å². The molecule has 2 atom stereocenters. The van der Waals surface area contributed by atoms with Gasteiger partial charge in [0, 0.05) is 11.6 Å². The number of nitro benzene ring substituents is 1. The smallest absolute Gasteiger partial charge is 0.272 e. The minimum absolute atomic E-state index is 0.198. The van der Waals surface area contributed by atoms with Gasteiger partial charge in [0.2, 0.25) is 0 Å². The fourth-order valence-corrected chi connectivity index (χ4v) is 2.03. The van der Waals surface area contributed by atoms with Gasteiger partial charge in [0.25, 0.3) is 5.69 Å². The SMILES string of the molecule is Cc1cc([C@@H]2C[C@H]2CN)ccc1[N+](=O)[O-]. The van der Waals surface area contributed by atoms with Gasteiger partial charge < -0.3 is 5.73 Å². The van der Waals surface area contributed by atoms with Crippen molar-refractivity contribution in [1.29, 1.82) is 0 Å². The normalized spacial score (nSPS) is 23.9. The predicted molar refractivity (Wildman–Crippen MR) is 57.7 cm³/mol. The van der Waals surface area contributed by atoms with Crippen LogP contribution in [0.3, 0.4) is 0 Å². The standard InChI is InChI=1S/C11H14N2O2/c1-7-4-8(10-5-9(10)6-12)2-3-11(7)13(14)15/h2-4,9-10H,5-6,12H2,1H3/t9-,10-/m0/s1. The van der Waals surface area contributed by atoms with Crippen LogP contribution in [0.5, 0.6) is 0 Å². The Labute approximate surface area is 88.2 Å². The van der Waals surface area contributed by atoms with Gasteiger partial charge >= 0.3 is 0 Å². The first-order valence-corrected chi connectivity index (χ1v) is 5.08. The maximum atomic E-state index is 10.6. The first kappa shape index (κ1) is 10.1. The van der Waals surface area contributed by atoms with Crippen molar-refractivity contribution in [3.8, 4) is 0 Å². The monoisotopic (exact) mass is 206 g/mol. The number of hydrogen-bond donors (Lipinski definition) is 1.